The molecule has 0 atom stereocenters. The molecule has 3 rings (SSSR count). The monoisotopic (exact) mass is 328 g/mol. The Morgan fingerprint density at radius 3 is 2.70 bits per heavy atom. The van der Waals surface area contributed by atoms with Crippen LogP contribution in [0.25, 0.3) is 10.9 Å². The highest BCUT2D eigenvalue weighted by Crippen LogP contribution is 2.28. The quantitative estimate of drug-likeness (QED) is 0.781. The molecule has 0 aliphatic rings. The molecule has 3 aromatic rings. The molecular formula is C16H13BrN2O. The summed E-state index contributed by atoms with van der Waals surface area (Å²) in [6.07, 6.45) is 1.73. The summed E-state index contributed by atoms with van der Waals surface area (Å²) < 4.78 is 6.78. The predicted octanol–water partition coefficient (Wildman–Crippen LogP) is 4.25. The zero-order valence-corrected chi connectivity index (χ0v) is 12.3. The number of nitrogens with two attached hydrogens (primary N) is 1. The summed E-state index contributed by atoms with van der Waals surface area (Å²) in [5, 5.41) is 1.06. The zero-order valence-electron chi connectivity index (χ0n) is 10.7. The van der Waals surface area contributed by atoms with Gasteiger partial charge in [0.15, 0.2) is 0 Å². The number of halogens is 1. The summed E-state index contributed by atoms with van der Waals surface area (Å²) in [4.78, 5) is 4.38. The van der Waals surface area contributed by atoms with Gasteiger partial charge in [0.2, 0.25) is 0 Å². The van der Waals surface area contributed by atoms with E-state index in [1.807, 2.05) is 48.5 Å². The summed E-state index contributed by atoms with van der Waals surface area (Å²) in [6.45, 7) is 0.498. The van der Waals surface area contributed by atoms with Gasteiger partial charge in [-0.15, -0.1) is 0 Å². The van der Waals surface area contributed by atoms with Gasteiger partial charge in [-0.1, -0.05) is 40.2 Å². The number of rotatable bonds is 3. The summed E-state index contributed by atoms with van der Waals surface area (Å²) in [6, 6.07) is 15.7. The van der Waals surface area contributed by atoms with Crippen LogP contribution in [0.4, 0.5) is 0 Å². The Hall–Kier alpha value is -1.91. The van der Waals surface area contributed by atoms with Gasteiger partial charge in [0.1, 0.15) is 11.5 Å². The van der Waals surface area contributed by atoms with Gasteiger partial charge in [0.25, 0.3) is 0 Å². The molecule has 0 saturated carbocycles. The molecule has 0 fully saturated rings. The summed E-state index contributed by atoms with van der Waals surface area (Å²) in [5.74, 6) is 1.47. The number of para-hydroxylation sites is 1. The van der Waals surface area contributed by atoms with Crippen LogP contribution in [-0.4, -0.2) is 4.98 Å². The maximum absolute atomic E-state index is 5.83. The van der Waals surface area contributed by atoms with Crippen molar-refractivity contribution in [2.24, 2.45) is 5.73 Å². The van der Waals surface area contributed by atoms with Gasteiger partial charge in [-0.3, -0.25) is 4.98 Å². The average molecular weight is 329 g/mol. The molecule has 0 unspecified atom stereocenters. The van der Waals surface area contributed by atoms with E-state index in [4.69, 9.17) is 10.5 Å². The van der Waals surface area contributed by atoms with Crippen molar-refractivity contribution in [1.82, 2.24) is 4.98 Å². The zero-order chi connectivity index (χ0) is 13.9. The smallest absolute Gasteiger partial charge is 0.146 e. The predicted molar refractivity (Wildman–Crippen MR) is 83.9 cm³/mol. The van der Waals surface area contributed by atoms with Crippen LogP contribution >= 0.6 is 15.9 Å². The third-order valence-electron chi connectivity index (χ3n) is 3.05. The van der Waals surface area contributed by atoms with E-state index < -0.39 is 0 Å². The standard InChI is InChI=1S/C16H13BrN2O/c17-15-8-13(6-5-12(15)9-18)20-14-7-11-3-1-2-4-16(11)19-10-14/h1-8,10H,9,18H2. The van der Waals surface area contributed by atoms with Gasteiger partial charge in [-0.05, 0) is 29.8 Å². The van der Waals surface area contributed by atoms with Gasteiger partial charge in [-0.25, -0.2) is 0 Å². The number of hydrogen-bond donors (Lipinski definition) is 1. The van der Waals surface area contributed by atoms with E-state index in [0.29, 0.717) is 6.54 Å². The fourth-order valence-corrected chi connectivity index (χ4v) is 2.52. The maximum atomic E-state index is 5.83. The first-order chi connectivity index (χ1) is 9.76. The molecule has 20 heavy (non-hydrogen) atoms. The fraction of sp³-hybridized carbons (Fsp3) is 0.0625. The number of ether oxygens (including phenoxy) is 1. The van der Waals surface area contributed by atoms with Crippen LogP contribution < -0.4 is 10.5 Å². The molecule has 1 heterocycles. The van der Waals surface area contributed by atoms with E-state index in [9.17, 15) is 0 Å². The second kappa shape index (κ2) is 5.61. The number of hydrogen-bond acceptors (Lipinski definition) is 3. The molecule has 0 amide bonds. The van der Waals surface area contributed by atoms with Crippen LogP contribution in [0.3, 0.4) is 0 Å². The van der Waals surface area contributed by atoms with Crippen LogP contribution in [0.2, 0.25) is 0 Å². The lowest BCUT2D eigenvalue weighted by molar-refractivity contribution is 0.481. The third-order valence-corrected chi connectivity index (χ3v) is 3.78. The molecule has 4 heteroatoms. The Bertz CT molecular complexity index is 758. The molecule has 2 aromatic carbocycles. The van der Waals surface area contributed by atoms with Crippen molar-refractivity contribution in [3.05, 3.63) is 64.8 Å². The number of pyridine rings is 1. The van der Waals surface area contributed by atoms with Crippen LogP contribution in [0.1, 0.15) is 5.56 Å². The Kier molecular flexibility index (Phi) is 3.67. The van der Waals surface area contributed by atoms with Gasteiger partial charge in [0.05, 0.1) is 11.7 Å². The third kappa shape index (κ3) is 2.66. The molecule has 0 spiro atoms. The Labute approximate surface area is 125 Å². The Morgan fingerprint density at radius 2 is 1.90 bits per heavy atom. The first-order valence-electron chi connectivity index (χ1n) is 6.27. The van der Waals surface area contributed by atoms with Crippen molar-refractivity contribution in [2.45, 2.75) is 6.54 Å². The summed E-state index contributed by atoms with van der Waals surface area (Å²) >= 11 is 3.48. The van der Waals surface area contributed by atoms with Crippen LogP contribution in [0.5, 0.6) is 11.5 Å². The SMILES string of the molecule is NCc1ccc(Oc2cnc3ccccc3c2)cc1Br. The fourth-order valence-electron chi connectivity index (χ4n) is 2.00. The molecule has 3 nitrogen and oxygen atoms in total. The second-order valence-corrected chi connectivity index (χ2v) is 5.28. The number of fused-ring (bicyclic) bond motifs is 1. The van der Waals surface area contributed by atoms with E-state index in [-0.39, 0.29) is 0 Å². The number of benzene rings is 2. The summed E-state index contributed by atoms with van der Waals surface area (Å²) in [5.41, 5.74) is 7.64. The minimum absolute atomic E-state index is 0.498. The van der Waals surface area contributed by atoms with E-state index in [2.05, 4.69) is 20.9 Å². The van der Waals surface area contributed by atoms with Crippen molar-refractivity contribution >= 4 is 26.8 Å². The van der Waals surface area contributed by atoms with Gasteiger partial charge < -0.3 is 10.5 Å². The molecule has 0 radical (unpaired) electrons. The highest BCUT2D eigenvalue weighted by molar-refractivity contribution is 9.10. The first kappa shape index (κ1) is 13.1. The van der Waals surface area contributed by atoms with Gasteiger partial charge in [-0.2, -0.15) is 0 Å². The molecule has 0 aliphatic carbocycles. The Morgan fingerprint density at radius 1 is 1.05 bits per heavy atom. The van der Waals surface area contributed by atoms with E-state index >= 15 is 0 Å². The summed E-state index contributed by atoms with van der Waals surface area (Å²) in [7, 11) is 0. The van der Waals surface area contributed by atoms with Crippen molar-refractivity contribution in [2.75, 3.05) is 0 Å². The largest absolute Gasteiger partial charge is 0.456 e. The number of nitrogens with zero attached hydrogens (tertiary/aromatic N) is 1. The molecule has 0 aliphatic heterocycles. The van der Waals surface area contributed by atoms with E-state index in [1.165, 1.54) is 0 Å². The normalized spacial score (nSPS) is 10.7. The Balaban J connectivity index is 1.90. The first-order valence-corrected chi connectivity index (χ1v) is 7.07. The van der Waals surface area contributed by atoms with E-state index in [0.717, 1.165) is 32.4 Å². The van der Waals surface area contributed by atoms with Gasteiger partial charge in [0, 0.05) is 16.4 Å². The second-order valence-electron chi connectivity index (χ2n) is 4.42. The van der Waals surface area contributed by atoms with Crippen molar-refractivity contribution in [1.29, 1.82) is 0 Å². The molecule has 1 aromatic heterocycles. The van der Waals surface area contributed by atoms with Crippen LogP contribution in [-0.2, 0) is 6.54 Å². The van der Waals surface area contributed by atoms with Crippen molar-refractivity contribution in [3.63, 3.8) is 0 Å². The molecule has 0 bridgehead atoms. The highest BCUT2D eigenvalue weighted by atomic mass is 79.9. The molecular weight excluding hydrogens is 316 g/mol. The van der Waals surface area contributed by atoms with Crippen LogP contribution in [0, 0.1) is 0 Å². The van der Waals surface area contributed by atoms with Gasteiger partial charge >= 0.3 is 0 Å². The highest BCUT2D eigenvalue weighted by Gasteiger charge is 2.03. The topological polar surface area (TPSA) is 48.1 Å². The minimum atomic E-state index is 0.498. The van der Waals surface area contributed by atoms with Crippen molar-refractivity contribution in [3.8, 4) is 11.5 Å². The van der Waals surface area contributed by atoms with Crippen LogP contribution in [0.15, 0.2) is 59.2 Å². The average Bonchev–Trinajstić information content (AvgIpc) is 2.47. The molecule has 100 valence electrons. The minimum Gasteiger partial charge on any atom is -0.456 e. The molecule has 2 N–H and O–H groups in total. The lowest BCUT2D eigenvalue weighted by Crippen LogP contribution is -1.97. The molecule has 0 saturated heterocycles. The van der Waals surface area contributed by atoms with Crippen molar-refractivity contribution < 1.29 is 4.74 Å². The lowest BCUT2D eigenvalue weighted by Gasteiger charge is -2.08. The maximum Gasteiger partial charge on any atom is 0.146 e. The van der Waals surface area contributed by atoms with E-state index in [1.54, 1.807) is 6.20 Å². The number of aromatic nitrogens is 1. The lowest BCUT2D eigenvalue weighted by atomic mass is 10.2.